The fourth-order valence-corrected chi connectivity index (χ4v) is 11.2. The van der Waals surface area contributed by atoms with Crippen molar-refractivity contribution in [1.29, 1.82) is 0 Å². The predicted octanol–water partition coefficient (Wildman–Crippen LogP) is 5.38. The molecule has 17 heteroatoms. The summed E-state index contributed by atoms with van der Waals surface area (Å²) in [5.41, 5.74) is 2.15. The molecule has 6 fully saturated rings. The number of hydrogen-bond acceptors (Lipinski definition) is 14. The number of nitrogens with one attached hydrogen (secondary N) is 2. The number of piperidine rings is 2. The number of hydrogen-bond donors (Lipinski definition) is 2. The highest BCUT2D eigenvalue weighted by atomic mass is 32.2. The van der Waals surface area contributed by atoms with Crippen LogP contribution in [0, 0.1) is 11.8 Å². The zero-order valence-corrected chi connectivity index (χ0v) is 39.1. The molecule has 350 valence electrons. The number of pyridine rings is 1. The lowest BCUT2D eigenvalue weighted by molar-refractivity contribution is -0.124. The second-order valence-electron chi connectivity index (χ2n) is 19.1. The molecule has 2 N–H and O–H groups in total. The minimum atomic E-state index is -0.370. The third-order valence-electron chi connectivity index (χ3n) is 14.2. The highest BCUT2D eigenvalue weighted by molar-refractivity contribution is 7.99. The quantitative estimate of drug-likeness (QED) is 0.199. The first-order valence-corrected chi connectivity index (χ1v) is 25.1. The fraction of sp³-hybridized carbons (Fsp3) is 0.625. The van der Waals surface area contributed by atoms with Crippen LogP contribution < -0.4 is 34.8 Å². The first kappa shape index (κ1) is 45.3. The van der Waals surface area contributed by atoms with E-state index in [9.17, 15) is 14.4 Å². The average Bonchev–Trinajstić information content (AvgIpc) is 3.79. The summed E-state index contributed by atoms with van der Waals surface area (Å²) in [6.45, 7) is 17.8. The number of fused-ring (bicyclic) bond motifs is 1. The minimum Gasteiger partial charge on any atom is -0.494 e. The van der Waals surface area contributed by atoms with Crippen LogP contribution in [0.3, 0.4) is 0 Å². The van der Waals surface area contributed by atoms with Gasteiger partial charge in [-0.15, -0.1) is 11.8 Å². The maximum Gasteiger partial charge on any atom is 0.328 e. The summed E-state index contributed by atoms with van der Waals surface area (Å²) in [6, 6.07) is 11.1. The molecule has 1 saturated carbocycles. The van der Waals surface area contributed by atoms with Crippen molar-refractivity contribution in [2.75, 3.05) is 117 Å². The van der Waals surface area contributed by atoms with Gasteiger partial charge < -0.3 is 39.3 Å². The lowest BCUT2D eigenvalue weighted by Crippen LogP contribution is -2.52. The van der Waals surface area contributed by atoms with E-state index in [1.807, 2.05) is 41.9 Å². The smallest absolute Gasteiger partial charge is 0.328 e. The monoisotopic (exact) mass is 910 g/mol. The van der Waals surface area contributed by atoms with E-state index in [4.69, 9.17) is 24.4 Å². The van der Waals surface area contributed by atoms with Gasteiger partial charge in [-0.2, -0.15) is 4.98 Å². The number of ether oxygens (including phenoxy) is 2. The number of amides is 4. The molecule has 6 aliphatic heterocycles. The van der Waals surface area contributed by atoms with Crippen LogP contribution in [-0.4, -0.2) is 157 Å². The molecule has 0 unspecified atom stereocenters. The number of benzene rings is 1. The molecule has 3 aromatic rings. The lowest BCUT2D eigenvalue weighted by Gasteiger charge is -2.42. The van der Waals surface area contributed by atoms with E-state index in [0.717, 1.165) is 131 Å². The van der Waals surface area contributed by atoms with E-state index in [2.05, 4.69) is 49.3 Å². The number of aromatic nitrogens is 3. The Morgan fingerprint density at radius 3 is 2.17 bits per heavy atom. The molecule has 0 bridgehead atoms. The van der Waals surface area contributed by atoms with Crippen LogP contribution >= 0.6 is 11.8 Å². The number of imide groups is 1. The summed E-state index contributed by atoms with van der Waals surface area (Å²) in [5, 5.41) is 6.08. The normalized spacial score (nSPS) is 22.0. The average molecular weight is 910 g/mol. The Balaban J connectivity index is 0.000000264. The molecule has 1 aromatic carbocycles. The molecular formula is C48H67N11O5S. The van der Waals surface area contributed by atoms with Crippen molar-refractivity contribution < 1.29 is 23.9 Å². The molecule has 0 atom stereocenters. The Kier molecular flexibility index (Phi) is 14.5. The van der Waals surface area contributed by atoms with Gasteiger partial charge in [0, 0.05) is 108 Å². The second kappa shape index (κ2) is 20.7. The number of carbonyl (C=O) groups is 3. The van der Waals surface area contributed by atoms with Crippen molar-refractivity contribution >= 4 is 53.4 Å². The third-order valence-corrected chi connectivity index (χ3v) is 15.3. The maximum atomic E-state index is 11.6. The molecule has 1 aliphatic carbocycles. The largest absolute Gasteiger partial charge is 0.494 e. The van der Waals surface area contributed by atoms with E-state index in [0.29, 0.717) is 25.5 Å². The van der Waals surface area contributed by atoms with Gasteiger partial charge in [-0.05, 0) is 114 Å². The molecule has 10 rings (SSSR count). The topological polar surface area (TPSA) is 152 Å². The van der Waals surface area contributed by atoms with Gasteiger partial charge >= 0.3 is 6.03 Å². The molecule has 0 spiro atoms. The first-order chi connectivity index (χ1) is 31.7. The van der Waals surface area contributed by atoms with Crippen LogP contribution in [0.2, 0.25) is 0 Å². The summed E-state index contributed by atoms with van der Waals surface area (Å²) in [7, 11) is 0. The number of piperazine rings is 1. The van der Waals surface area contributed by atoms with Crippen LogP contribution in [-0.2, 0) is 16.0 Å². The number of anilines is 4. The highest BCUT2D eigenvalue weighted by Crippen LogP contribution is 2.41. The van der Waals surface area contributed by atoms with Crippen molar-refractivity contribution in [1.82, 2.24) is 35.0 Å². The van der Waals surface area contributed by atoms with Crippen molar-refractivity contribution in [3.8, 4) is 11.5 Å². The molecule has 5 saturated heterocycles. The summed E-state index contributed by atoms with van der Waals surface area (Å²) < 4.78 is 11.7. The number of carbonyl (C=O) groups excluding carboxylic acids is 3. The van der Waals surface area contributed by atoms with Crippen LogP contribution in [0.5, 0.6) is 11.5 Å². The van der Waals surface area contributed by atoms with Gasteiger partial charge in [-0.3, -0.25) is 19.8 Å². The predicted molar refractivity (Wildman–Crippen MR) is 254 cm³/mol. The lowest BCUT2D eigenvalue weighted by atomic mass is 9.78. The Bertz CT molecular complexity index is 2080. The van der Waals surface area contributed by atoms with Crippen LogP contribution in [0.1, 0.15) is 70.9 Å². The third kappa shape index (κ3) is 11.4. The molecule has 4 amide bonds. The number of aryl methyl sites for hydroxylation is 1. The Labute approximate surface area is 388 Å². The van der Waals surface area contributed by atoms with E-state index in [1.165, 1.54) is 67.2 Å². The molecule has 65 heavy (non-hydrogen) atoms. The molecule has 0 radical (unpaired) electrons. The molecular weight excluding hydrogens is 843 g/mol. The van der Waals surface area contributed by atoms with E-state index < -0.39 is 0 Å². The zero-order chi connectivity index (χ0) is 44.8. The van der Waals surface area contributed by atoms with E-state index in [-0.39, 0.29) is 23.6 Å². The van der Waals surface area contributed by atoms with Crippen LogP contribution in [0.4, 0.5) is 28.1 Å². The number of thioether (sulfide) groups is 1. The van der Waals surface area contributed by atoms with Crippen LogP contribution in [0.25, 0.3) is 0 Å². The molecule has 7 aliphatic rings. The minimum absolute atomic E-state index is 0.178. The van der Waals surface area contributed by atoms with Gasteiger partial charge in [0.25, 0.3) is 0 Å². The van der Waals surface area contributed by atoms with Crippen molar-refractivity contribution in [3.63, 3.8) is 0 Å². The Morgan fingerprint density at radius 1 is 0.831 bits per heavy atom. The summed E-state index contributed by atoms with van der Waals surface area (Å²) >= 11 is 1.90. The van der Waals surface area contributed by atoms with Gasteiger partial charge in [0.05, 0.1) is 23.4 Å². The van der Waals surface area contributed by atoms with E-state index in [1.54, 1.807) is 12.1 Å². The standard InChI is InChI=1S/C36H53N9O2S.C12H14N2O3/c1-36(10-2-11-36)40-34-33-31(9-20-48-33)38-35(39-34)45-18-16-44(17-19-45)32-4-3-30(21-37-32)47-29-7-14-42(15-8-29)22-27-5-12-41(13-6-27)23-28-24-43(25-28)26-46;1-2-17-10-5-3-9(4-6-10)14-8-7-11(15)13-12(14)16/h3-4,21,26-29H,2,5-20,22-25H2,1H3,(H,38,39,40);3-6H,2,7-8H2,1H3,(H,13,15,16). The molecule has 16 nitrogen and oxygen atoms in total. The highest BCUT2D eigenvalue weighted by Gasteiger charge is 2.35. The van der Waals surface area contributed by atoms with Gasteiger partial charge in [0.15, 0.2) is 0 Å². The maximum absolute atomic E-state index is 11.6. The number of rotatable bonds is 14. The van der Waals surface area contributed by atoms with E-state index >= 15 is 0 Å². The molecule has 2 aromatic heterocycles. The summed E-state index contributed by atoms with van der Waals surface area (Å²) in [5.74, 6) is 6.96. The summed E-state index contributed by atoms with van der Waals surface area (Å²) in [4.78, 5) is 63.0. The number of likely N-dealkylation sites (tertiary alicyclic amines) is 3. The van der Waals surface area contributed by atoms with Gasteiger partial charge in [-0.1, -0.05) is 0 Å². The molecule has 8 heterocycles. The Morgan fingerprint density at radius 2 is 1.52 bits per heavy atom. The van der Waals surface area contributed by atoms with Gasteiger partial charge in [-0.25, -0.2) is 14.8 Å². The van der Waals surface area contributed by atoms with Gasteiger partial charge in [0.2, 0.25) is 18.3 Å². The van der Waals surface area contributed by atoms with Gasteiger partial charge in [0.1, 0.15) is 29.2 Å². The zero-order valence-electron chi connectivity index (χ0n) is 38.3. The van der Waals surface area contributed by atoms with Crippen LogP contribution in [0.15, 0.2) is 47.5 Å². The number of nitrogens with zero attached hydrogens (tertiary/aromatic N) is 9. The first-order valence-electron chi connectivity index (χ1n) is 24.1. The van der Waals surface area contributed by atoms with Crippen molar-refractivity contribution in [2.45, 2.75) is 88.2 Å². The summed E-state index contributed by atoms with van der Waals surface area (Å²) in [6.07, 6.45) is 13.0. The second-order valence-corrected chi connectivity index (χ2v) is 20.2. The Hall–Kier alpha value is -4.87. The van der Waals surface area contributed by atoms with Crippen molar-refractivity contribution in [2.24, 2.45) is 11.8 Å². The fourth-order valence-electron chi connectivity index (χ4n) is 10.2. The number of urea groups is 1. The van der Waals surface area contributed by atoms with Crippen molar-refractivity contribution in [3.05, 3.63) is 48.3 Å². The SMILES string of the molecule is CC1(Nc2nc(N3CCN(c4ccc(OC5CCN(CC6CCN(CC7CN(C=O)C7)CC6)CC5)cn4)CC3)nc3c2SCC3)CCC1.CCOc1ccc(N2CCC(=O)NC2=O)cc1.